The third-order valence-corrected chi connectivity index (χ3v) is 3.82. The Hall–Kier alpha value is -1.45. The van der Waals surface area contributed by atoms with Gasteiger partial charge in [-0.25, -0.2) is 0 Å². The summed E-state index contributed by atoms with van der Waals surface area (Å²) in [6.45, 7) is 2.26. The molecule has 1 aromatic carbocycles. The van der Waals surface area contributed by atoms with E-state index in [9.17, 15) is 5.11 Å². The lowest BCUT2D eigenvalue weighted by molar-refractivity contribution is 0.154. The van der Waals surface area contributed by atoms with Gasteiger partial charge in [0.15, 0.2) is 0 Å². The number of pyridine rings is 1. The number of benzene rings is 1. The van der Waals surface area contributed by atoms with Gasteiger partial charge in [-0.3, -0.25) is 9.88 Å². The van der Waals surface area contributed by atoms with Crippen molar-refractivity contribution in [3.63, 3.8) is 0 Å². The van der Waals surface area contributed by atoms with Crippen LogP contribution in [-0.2, 0) is 6.54 Å². The average Bonchev–Trinajstić information content (AvgIpc) is 2.86. The standard InChI is InChI=1S/C15H18N2O/c18-11-13-4-3-9-17(13)10-12-7-8-16-15-6-2-1-5-14(12)15/h1-2,5-8,13,18H,3-4,9-11H2/t13-/m0/s1. The Kier molecular flexibility index (Phi) is 3.26. The van der Waals surface area contributed by atoms with Crippen LogP contribution in [0.1, 0.15) is 18.4 Å². The Morgan fingerprint density at radius 2 is 2.17 bits per heavy atom. The van der Waals surface area contributed by atoms with Crippen LogP contribution in [0.2, 0.25) is 0 Å². The first-order valence-corrected chi connectivity index (χ1v) is 6.56. The lowest BCUT2D eigenvalue weighted by atomic mass is 10.1. The van der Waals surface area contributed by atoms with Gasteiger partial charge in [0, 0.05) is 24.2 Å². The maximum absolute atomic E-state index is 9.37. The summed E-state index contributed by atoms with van der Waals surface area (Å²) in [5.74, 6) is 0. The number of aromatic nitrogens is 1. The van der Waals surface area contributed by atoms with Crippen LogP contribution < -0.4 is 0 Å². The molecule has 3 rings (SSSR count). The Balaban J connectivity index is 1.90. The highest BCUT2D eigenvalue weighted by atomic mass is 16.3. The third-order valence-electron chi connectivity index (χ3n) is 3.82. The minimum Gasteiger partial charge on any atom is -0.395 e. The Morgan fingerprint density at radius 3 is 3.06 bits per heavy atom. The van der Waals surface area contributed by atoms with Crippen molar-refractivity contribution < 1.29 is 5.11 Å². The second-order valence-electron chi connectivity index (χ2n) is 4.94. The molecule has 1 aromatic heterocycles. The molecule has 0 radical (unpaired) electrons. The van der Waals surface area contributed by atoms with Gasteiger partial charge in [0.05, 0.1) is 12.1 Å². The van der Waals surface area contributed by atoms with E-state index in [0.29, 0.717) is 6.04 Å². The van der Waals surface area contributed by atoms with E-state index in [1.54, 1.807) is 0 Å². The van der Waals surface area contributed by atoms with Crippen LogP contribution in [0.4, 0.5) is 0 Å². The van der Waals surface area contributed by atoms with Gasteiger partial charge < -0.3 is 5.11 Å². The van der Waals surface area contributed by atoms with Gasteiger partial charge in [0.25, 0.3) is 0 Å². The van der Waals surface area contributed by atoms with Crippen molar-refractivity contribution >= 4 is 10.9 Å². The summed E-state index contributed by atoms with van der Waals surface area (Å²) in [6, 6.07) is 10.7. The maximum Gasteiger partial charge on any atom is 0.0705 e. The molecule has 1 aliphatic rings. The predicted molar refractivity (Wildman–Crippen MR) is 72.3 cm³/mol. The molecule has 1 fully saturated rings. The predicted octanol–water partition coefficient (Wildman–Crippen LogP) is 2.19. The largest absolute Gasteiger partial charge is 0.395 e. The second-order valence-corrected chi connectivity index (χ2v) is 4.94. The molecule has 2 aromatic rings. The first-order valence-electron chi connectivity index (χ1n) is 6.56. The molecule has 1 atom stereocenters. The number of hydrogen-bond donors (Lipinski definition) is 1. The molecule has 0 spiro atoms. The average molecular weight is 242 g/mol. The highest BCUT2D eigenvalue weighted by molar-refractivity contribution is 5.81. The molecule has 0 saturated carbocycles. The van der Waals surface area contributed by atoms with Gasteiger partial charge in [0.2, 0.25) is 0 Å². The van der Waals surface area contributed by atoms with E-state index in [1.807, 2.05) is 18.3 Å². The van der Waals surface area contributed by atoms with E-state index in [1.165, 1.54) is 17.4 Å². The zero-order chi connectivity index (χ0) is 12.4. The number of hydrogen-bond acceptors (Lipinski definition) is 3. The molecular formula is C15H18N2O. The van der Waals surface area contributed by atoms with Crippen molar-refractivity contribution in [1.82, 2.24) is 9.88 Å². The number of aliphatic hydroxyl groups excluding tert-OH is 1. The molecule has 3 heteroatoms. The fraction of sp³-hybridized carbons (Fsp3) is 0.400. The van der Waals surface area contributed by atoms with Crippen molar-refractivity contribution in [3.05, 3.63) is 42.1 Å². The number of rotatable bonds is 3. The zero-order valence-electron chi connectivity index (χ0n) is 10.4. The lowest BCUT2D eigenvalue weighted by Gasteiger charge is -2.23. The SMILES string of the molecule is OC[C@@H]1CCCN1Cc1ccnc2ccccc12. The molecule has 1 aliphatic heterocycles. The molecule has 0 bridgehead atoms. The maximum atomic E-state index is 9.37. The lowest BCUT2D eigenvalue weighted by Crippen LogP contribution is -2.31. The molecule has 1 saturated heterocycles. The Morgan fingerprint density at radius 1 is 1.28 bits per heavy atom. The second kappa shape index (κ2) is 5.04. The fourth-order valence-corrected chi connectivity index (χ4v) is 2.82. The summed E-state index contributed by atoms with van der Waals surface area (Å²) in [6.07, 6.45) is 4.18. The van der Waals surface area contributed by atoms with E-state index >= 15 is 0 Å². The summed E-state index contributed by atoms with van der Waals surface area (Å²) >= 11 is 0. The van der Waals surface area contributed by atoms with E-state index in [4.69, 9.17) is 0 Å². The normalized spacial score (nSPS) is 20.6. The van der Waals surface area contributed by atoms with E-state index < -0.39 is 0 Å². The van der Waals surface area contributed by atoms with Crippen LogP contribution >= 0.6 is 0 Å². The van der Waals surface area contributed by atoms with Crippen LogP contribution in [0, 0.1) is 0 Å². The van der Waals surface area contributed by atoms with Crippen molar-refractivity contribution in [2.75, 3.05) is 13.2 Å². The quantitative estimate of drug-likeness (QED) is 0.896. The van der Waals surface area contributed by atoms with Crippen LogP contribution in [0.15, 0.2) is 36.5 Å². The molecule has 2 heterocycles. The van der Waals surface area contributed by atoms with Crippen LogP contribution in [-0.4, -0.2) is 34.2 Å². The van der Waals surface area contributed by atoms with Gasteiger partial charge in [-0.1, -0.05) is 18.2 Å². The van der Waals surface area contributed by atoms with Crippen LogP contribution in [0.25, 0.3) is 10.9 Å². The minimum absolute atomic E-state index is 0.267. The highest BCUT2D eigenvalue weighted by Gasteiger charge is 2.23. The molecule has 0 amide bonds. The Bertz CT molecular complexity index is 536. The summed E-state index contributed by atoms with van der Waals surface area (Å²) in [5, 5.41) is 10.6. The van der Waals surface area contributed by atoms with E-state index in [0.717, 1.165) is 25.0 Å². The first-order chi connectivity index (χ1) is 8.88. The zero-order valence-corrected chi connectivity index (χ0v) is 10.4. The molecular weight excluding hydrogens is 224 g/mol. The molecule has 1 N–H and O–H groups in total. The number of fused-ring (bicyclic) bond motifs is 1. The van der Waals surface area contributed by atoms with E-state index in [-0.39, 0.29) is 6.61 Å². The number of aliphatic hydroxyl groups is 1. The van der Waals surface area contributed by atoms with Crippen LogP contribution in [0.5, 0.6) is 0 Å². The monoisotopic (exact) mass is 242 g/mol. The summed E-state index contributed by atoms with van der Waals surface area (Å²) < 4.78 is 0. The molecule has 0 aliphatic carbocycles. The van der Waals surface area contributed by atoms with Gasteiger partial charge in [-0.05, 0) is 37.1 Å². The van der Waals surface area contributed by atoms with Gasteiger partial charge in [-0.2, -0.15) is 0 Å². The summed E-state index contributed by atoms with van der Waals surface area (Å²) in [5.41, 5.74) is 2.36. The van der Waals surface area contributed by atoms with Crippen molar-refractivity contribution in [2.24, 2.45) is 0 Å². The van der Waals surface area contributed by atoms with Crippen molar-refractivity contribution in [2.45, 2.75) is 25.4 Å². The molecule has 0 unspecified atom stereocenters. The molecule has 18 heavy (non-hydrogen) atoms. The topological polar surface area (TPSA) is 36.4 Å². The summed E-state index contributed by atoms with van der Waals surface area (Å²) in [4.78, 5) is 6.76. The first kappa shape index (κ1) is 11.6. The number of nitrogens with zero attached hydrogens (tertiary/aromatic N) is 2. The number of likely N-dealkylation sites (tertiary alicyclic amines) is 1. The van der Waals surface area contributed by atoms with Crippen LogP contribution in [0.3, 0.4) is 0 Å². The van der Waals surface area contributed by atoms with Crippen molar-refractivity contribution in [1.29, 1.82) is 0 Å². The molecule has 94 valence electrons. The van der Waals surface area contributed by atoms with Crippen molar-refractivity contribution in [3.8, 4) is 0 Å². The summed E-state index contributed by atoms with van der Waals surface area (Å²) in [7, 11) is 0. The fourth-order valence-electron chi connectivity index (χ4n) is 2.82. The Labute approximate surface area is 107 Å². The van der Waals surface area contributed by atoms with E-state index in [2.05, 4.69) is 28.1 Å². The molecule has 3 nitrogen and oxygen atoms in total. The highest BCUT2D eigenvalue weighted by Crippen LogP contribution is 2.23. The number of para-hydroxylation sites is 1. The minimum atomic E-state index is 0.267. The van der Waals surface area contributed by atoms with Gasteiger partial charge in [0.1, 0.15) is 0 Å². The van der Waals surface area contributed by atoms with Gasteiger partial charge >= 0.3 is 0 Å². The smallest absolute Gasteiger partial charge is 0.0705 e. The third kappa shape index (κ3) is 2.11. The van der Waals surface area contributed by atoms with Gasteiger partial charge in [-0.15, -0.1) is 0 Å².